The monoisotopic (exact) mass is 253 g/mol. The Morgan fingerprint density at radius 2 is 2.00 bits per heavy atom. The lowest BCUT2D eigenvalue weighted by Crippen LogP contribution is -2.31. The first-order chi connectivity index (χ1) is 8.27. The fourth-order valence-electron chi connectivity index (χ4n) is 1.46. The van der Waals surface area contributed by atoms with Crippen LogP contribution in [-0.4, -0.2) is 18.2 Å². The van der Waals surface area contributed by atoms with E-state index in [0.29, 0.717) is 6.42 Å². The van der Waals surface area contributed by atoms with Crippen molar-refractivity contribution in [3.63, 3.8) is 0 Å². The second-order valence-corrected chi connectivity index (χ2v) is 4.81. The van der Waals surface area contributed by atoms with Crippen molar-refractivity contribution in [2.45, 2.75) is 18.6 Å². The van der Waals surface area contributed by atoms with E-state index in [-0.39, 0.29) is 5.91 Å². The largest absolute Gasteiger partial charge is 0.330 e. The van der Waals surface area contributed by atoms with Crippen molar-refractivity contribution in [1.29, 1.82) is 0 Å². The Hall–Kier alpha value is -1.04. The minimum atomic E-state index is -0.163. The zero-order chi connectivity index (χ0) is 12.5. The number of rotatable bonds is 7. The molecule has 0 aliphatic rings. The van der Waals surface area contributed by atoms with Gasteiger partial charge in [0.2, 0.25) is 5.91 Å². The molecule has 0 radical (unpaired) electrons. The summed E-state index contributed by atoms with van der Waals surface area (Å²) < 4.78 is 0. The Kier molecular flexibility index (Phi) is 6.69. The van der Waals surface area contributed by atoms with E-state index in [9.17, 15) is 4.79 Å². The molecule has 4 nitrogen and oxygen atoms in total. The van der Waals surface area contributed by atoms with Gasteiger partial charge in [-0.05, 0) is 29.8 Å². The smallest absolute Gasteiger partial charge is 0.238 e. The van der Waals surface area contributed by atoms with Crippen LogP contribution in [0, 0.1) is 0 Å². The van der Waals surface area contributed by atoms with E-state index in [1.807, 2.05) is 30.0 Å². The van der Waals surface area contributed by atoms with Crippen molar-refractivity contribution in [2.75, 3.05) is 12.3 Å². The Labute approximate surface area is 106 Å². The molecule has 5 heteroatoms. The molecule has 0 aliphatic carbocycles. The number of carbonyl (C=O) groups is 1. The first-order valence-corrected chi connectivity index (χ1v) is 6.77. The fourth-order valence-corrected chi connectivity index (χ4v) is 2.48. The van der Waals surface area contributed by atoms with Gasteiger partial charge in [0.1, 0.15) is 0 Å². The second kappa shape index (κ2) is 8.11. The molecule has 0 fully saturated rings. The number of benzene rings is 1. The molecule has 0 atom stereocenters. The van der Waals surface area contributed by atoms with Crippen LogP contribution in [-0.2, 0) is 17.0 Å². The van der Waals surface area contributed by atoms with Gasteiger partial charge in [0.05, 0.1) is 6.42 Å². The average molecular weight is 253 g/mol. The SMILES string of the molecule is NCCCSCc1ccccc1CC(=O)NN. The van der Waals surface area contributed by atoms with E-state index >= 15 is 0 Å². The number of carbonyl (C=O) groups excluding carboxylic acids is 1. The van der Waals surface area contributed by atoms with Crippen LogP contribution in [0.15, 0.2) is 24.3 Å². The summed E-state index contributed by atoms with van der Waals surface area (Å²) in [4.78, 5) is 11.3. The van der Waals surface area contributed by atoms with Crippen LogP contribution < -0.4 is 17.0 Å². The highest BCUT2D eigenvalue weighted by molar-refractivity contribution is 7.98. The zero-order valence-electron chi connectivity index (χ0n) is 9.82. The molecule has 1 rings (SSSR count). The number of thioether (sulfide) groups is 1. The number of hydrogen-bond acceptors (Lipinski definition) is 4. The molecular weight excluding hydrogens is 234 g/mol. The van der Waals surface area contributed by atoms with Crippen LogP contribution in [0.2, 0.25) is 0 Å². The van der Waals surface area contributed by atoms with Crippen LogP contribution in [0.3, 0.4) is 0 Å². The van der Waals surface area contributed by atoms with Crippen molar-refractivity contribution in [1.82, 2.24) is 5.43 Å². The van der Waals surface area contributed by atoms with Gasteiger partial charge in [0.15, 0.2) is 0 Å². The highest BCUT2D eigenvalue weighted by Gasteiger charge is 2.06. The fraction of sp³-hybridized carbons (Fsp3) is 0.417. The predicted molar refractivity (Wildman–Crippen MR) is 72.3 cm³/mol. The topological polar surface area (TPSA) is 81.1 Å². The third-order valence-electron chi connectivity index (χ3n) is 2.38. The van der Waals surface area contributed by atoms with E-state index < -0.39 is 0 Å². The molecule has 0 spiro atoms. The summed E-state index contributed by atoms with van der Waals surface area (Å²) in [5, 5.41) is 0. The Balaban J connectivity index is 2.54. The van der Waals surface area contributed by atoms with Gasteiger partial charge in [-0.3, -0.25) is 10.2 Å². The Morgan fingerprint density at radius 1 is 1.29 bits per heavy atom. The van der Waals surface area contributed by atoms with Crippen LogP contribution in [0.1, 0.15) is 17.5 Å². The summed E-state index contributed by atoms with van der Waals surface area (Å²) in [5.41, 5.74) is 9.83. The number of hydrazine groups is 1. The van der Waals surface area contributed by atoms with Gasteiger partial charge in [-0.25, -0.2) is 5.84 Å². The van der Waals surface area contributed by atoms with Crippen molar-refractivity contribution >= 4 is 17.7 Å². The van der Waals surface area contributed by atoms with Gasteiger partial charge in [0, 0.05) is 5.75 Å². The molecule has 1 aromatic rings. The molecule has 0 bridgehead atoms. The van der Waals surface area contributed by atoms with E-state index in [1.165, 1.54) is 5.56 Å². The molecule has 0 unspecified atom stereocenters. The standard InChI is InChI=1S/C12H19N3OS/c13-6-3-7-17-9-11-5-2-1-4-10(11)8-12(16)15-14/h1-2,4-5H,3,6-9,13-14H2,(H,15,16). The first kappa shape index (κ1) is 14.0. The molecule has 0 saturated heterocycles. The Bertz CT molecular complexity index is 357. The predicted octanol–water partition coefficient (Wildman–Crippen LogP) is 0.801. The third-order valence-corrected chi connectivity index (χ3v) is 3.47. The van der Waals surface area contributed by atoms with Crippen LogP contribution in [0.4, 0.5) is 0 Å². The van der Waals surface area contributed by atoms with E-state index in [2.05, 4.69) is 11.5 Å². The highest BCUT2D eigenvalue weighted by atomic mass is 32.2. The molecular formula is C12H19N3OS. The van der Waals surface area contributed by atoms with Crippen molar-refractivity contribution < 1.29 is 4.79 Å². The van der Waals surface area contributed by atoms with Crippen LogP contribution in [0.25, 0.3) is 0 Å². The minimum absolute atomic E-state index is 0.163. The second-order valence-electron chi connectivity index (χ2n) is 3.71. The molecule has 17 heavy (non-hydrogen) atoms. The lowest BCUT2D eigenvalue weighted by atomic mass is 10.1. The average Bonchev–Trinajstić information content (AvgIpc) is 2.36. The molecule has 0 saturated carbocycles. The minimum Gasteiger partial charge on any atom is -0.330 e. The molecule has 1 amide bonds. The summed E-state index contributed by atoms with van der Waals surface area (Å²) in [5.74, 6) is 6.89. The number of amides is 1. The van der Waals surface area contributed by atoms with Gasteiger partial charge < -0.3 is 5.73 Å². The molecule has 0 aromatic heterocycles. The van der Waals surface area contributed by atoms with Gasteiger partial charge in [-0.2, -0.15) is 11.8 Å². The maximum absolute atomic E-state index is 11.3. The van der Waals surface area contributed by atoms with Crippen LogP contribution >= 0.6 is 11.8 Å². The van der Waals surface area contributed by atoms with E-state index in [4.69, 9.17) is 11.6 Å². The van der Waals surface area contributed by atoms with E-state index in [0.717, 1.165) is 30.0 Å². The summed E-state index contributed by atoms with van der Waals surface area (Å²) in [6, 6.07) is 7.94. The van der Waals surface area contributed by atoms with Crippen molar-refractivity contribution in [3.8, 4) is 0 Å². The number of hydrogen-bond donors (Lipinski definition) is 3. The van der Waals surface area contributed by atoms with Gasteiger partial charge >= 0.3 is 0 Å². The lowest BCUT2D eigenvalue weighted by molar-refractivity contribution is -0.120. The summed E-state index contributed by atoms with van der Waals surface area (Å²) in [6.45, 7) is 0.726. The summed E-state index contributed by atoms with van der Waals surface area (Å²) in [7, 11) is 0. The number of nitrogens with two attached hydrogens (primary N) is 2. The molecule has 94 valence electrons. The maximum atomic E-state index is 11.3. The molecule has 0 aliphatic heterocycles. The van der Waals surface area contributed by atoms with Gasteiger partial charge in [0.25, 0.3) is 0 Å². The Morgan fingerprint density at radius 3 is 2.65 bits per heavy atom. The quantitative estimate of drug-likeness (QED) is 0.290. The van der Waals surface area contributed by atoms with Crippen LogP contribution in [0.5, 0.6) is 0 Å². The molecule has 0 heterocycles. The number of nitrogens with one attached hydrogen (secondary N) is 1. The van der Waals surface area contributed by atoms with Crippen molar-refractivity contribution in [3.05, 3.63) is 35.4 Å². The molecule has 5 N–H and O–H groups in total. The first-order valence-electron chi connectivity index (χ1n) is 5.62. The zero-order valence-corrected chi connectivity index (χ0v) is 10.6. The van der Waals surface area contributed by atoms with Crippen molar-refractivity contribution in [2.24, 2.45) is 11.6 Å². The summed E-state index contributed by atoms with van der Waals surface area (Å²) >= 11 is 1.84. The lowest BCUT2D eigenvalue weighted by Gasteiger charge is -2.08. The normalized spacial score (nSPS) is 10.2. The van der Waals surface area contributed by atoms with Gasteiger partial charge in [-0.15, -0.1) is 0 Å². The van der Waals surface area contributed by atoms with E-state index in [1.54, 1.807) is 0 Å². The highest BCUT2D eigenvalue weighted by Crippen LogP contribution is 2.17. The summed E-state index contributed by atoms with van der Waals surface area (Å²) in [6.07, 6.45) is 1.36. The maximum Gasteiger partial charge on any atom is 0.238 e. The molecule has 1 aromatic carbocycles. The third kappa shape index (κ3) is 5.21. The van der Waals surface area contributed by atoms with Gasteiger partial charge in [-0.1, -0.05) is 24.3 Å².